The number of hydrogen-bond acceptors (Lipinski definition) is 4. The van der Waals surface area contributed by atoms with E-state index in [0.29, 0.717) is 11.3 Å². The molecule has 1 amide bonds. The highest BCUT2D eigenvalue weighted by Crippen LogP contribution is 2.34. The Morgan fingerprint density at radius 1 is 1.16 bits per heavy atom. The number of anilines is 1. The molecular formula is C14H14N2O2S. The molecule has 0 saturated heterocycles. The molecule has 0 aliphatic rings. The van der Waals surface area contributed by atoms with Crippen LogP contribution >= 0.6 is 11.8 Å². The topological polar surface area (TPSA) is 78.3 Å². The second kappa shape index (κ2) is 5.67. The highest BCUT2D eigenvalue weighted by molar-refractivity contribution is 7.99. The fourth-order valence-corrected chi connectivity index (χ4v) is 2.51. The molecule has 0 aromatic heterocycles. The summed E-state index contributed by atoms with van der Waals surface area (Å²) in [6, 6.07) is 12.8. The lowest BCUT2D eigenvalue weighted by atomic mass is 10.2. The van der Waals surface area contributed by atoms with Gasteiger partial charge in [-0.25, -0.2) is 0 Å². The zero-order valence-electron chi connectivity index (χ0n) is 10.4. The van der Waals surface area contributed by atoms with Crippen molar-refractivity contribution in [1.29, 1.82) is 0 Å². The Morgan fingerprint density at radius 3 is 2.42 bits per heavy atom. The number of para-hydroxylation sites is 1. The van der Waals surface area contributed by atoms with Crippen LogP contribution in [-0.4, -0.2) is 13.0 Å². The molecule has 4 N–H and O–H groups in total. The van der Waals surface area contributed by atoms with Crippen molar-refractivity contribution >= 4 is 23.4 Å². The molecule has 0 spiro atoms. The molecule has 0 aliphatic carbocycles. The number of amides is 1. The predicted octanol–water partition coefficient (Wildman–Crippen LogP) is 2.53. The third-order valence-corrected chi connectivity index (χ3v) is 3.70. The van der Waals surface area contributed by atoms with Crippen LogP contribution in [0.5, 0.6) is 5.75 Å². The highest BCUT2D eigenvalue weighted by Gasteiger charge is 2.10. The maximum atomic E-state index is 11.2. The third-order valence-electron chi connectivity index (χ3n) is 2.62. The molecule has 5 heteroatoms. The van der Waals surface area contributed by atoms with Crippen LogP contribution in [0.25, 0.3) is 0 Å². The van der Waals surface area contributed by atoms with Gasteiger partial charge in [-0.2, -0.15) is 0 Å². The van der Waals surface area contributed by atoms with Gasteiger partial charge in [-0.05, 0) is 36.4 Å². The lowest BCUT2D eigenvalue weighted by Crippen LogP contribution is -2.13. The van der Waals surface area contributed by atoms with Gasteiger partial charge in [-0.15, -0.1) is 0 Å². The molecule has 0 bridgehead atoms. The van der Waals surface area contributed by atoms with Crippen molar-refractivity contribution in [2.24, 2.45) is 5.73 Å². The first-order valence-electron chi connectivity index (χ1n) is 5.62. The summed E-state index contributed by atoms with van der Waals surface area (Å²) in [6.07, 6.45) is 0. The van der Waals surface area contributed by atoms with Gasteiger partial charge in [-0.1, -0.05) is 17.8 Å². The minimum Gasteiger partial charge on any atom is -0.497 e. The number of benzene rings is 2. The number of carbonyl (C=O) groups is 1. The summed E-state index contributed by atoms with van der Waals surface area (Å²) in [5, 5.41) is 0. The molecule has 0 aliphatic heterocycles. The van der Waals surface area contributed by atoms with Gasteiger partial charge in [0.2, 0.25) is 0 Å². The Kier molecular flexibility index (Phi) is 3.97. The average Bonchev–Trinajstić information content (AvgIpc) is 2.41. The van der Waals surface area contributed by atoms with Crippen molar-refractivity contribution in [2.45, 2.75) is 9.79 Å². The molecule has 0 heterocycles. The van der Waals surface area contributed by atoms with Crippen LogP contribution in [0.3, 0.4) is 0 Å². The van der Waals surface area contributed by atoms with Crippen LogP contribution in [0.1, 0.15) is 10.4 Å². The Labute approximate surface area is 115 Å². The fraction of sp³-hybridized carbons (Fsp3) is 0.0714. The normalized spacial score (nSPS) is 10.2. The van der Waals surface area contributed by atoms with E-state index in [1.165, 1.54) is 11.8 Å². The van der Waals surface area contributed by atoms with Gasteiger partial charge in [0.05, 0.1) is 18.4 Å². The van der Waals surface area contributed by atoms with Crippen LogP contribution in [0.15, 0.2) is 52.3 Å². The Balaban J connectivity index is 2.27. The van der Waals surface area contributed by atoms with Crippen LogP contribution in [0.2, 0.25) is 0 Å². The molecule has 0 radical (unpaired) electrons. The van der Waals surface area contributed by atoms with Crippen molar-refractivity contribution in [3.05, 3.63) is 48.0 Å². The van der Waals surface area contributed by atoms with Gasteiger partial charge in [0, 0.05) is 9.79 Å². The Morgan fingerprint density at radius 2 is 1.84 bits per heavy atom. The van der Waals surface area contributed by atoms with Crippen molar-refractivity contribution in [3.63, 3.8) is 0 Å². The molecule has 19 heavy (non-hydrogen) atoms. The first kappa shape index (κ1) is 13.3. The van der Waals surface area contributed by atoms with Gasteiger partial charge in [0.1, 0.15) is 5.75 Å². The molecule has 2 aromatic rings. The molecule has 98 valence electrons. The number of rotatable bonds is 4. The molecule has 0 fully saturated rings. The minimum atomic E-state index is -0.519. The van der Waals surface area contributed by atoms with E-state index >= 15 is 0 Å². The molecule has 2 aromatic carbocycles. The maximum Gasteiger partial charge on any atom is 0.250 e. The molecule has 0 saturated carbocycles. The summed E-state index contributed by atoms with van der Waals surface area (Å²) in [6.45, 7) is 0. The number of primary amides is 1. The number of carbonyl (C=O) groups excluding carboxylic acids is 1. The standard InChI is InChI=1S/C14H14N2O2S/c1-18-9-5-7-10(8-6-9)19-12-4-2-3-11(13(12)15)14(16)17/h2-8H,15H2,1H3,(H2,16,17). The first-order valence-corrected chi connectivity index (χ1v) is 6.43. The van der Waals surface area contributed by atoms with E-state index in [-0.39, 0.29) is 0 Å². The van der Waals surface area contributed by atoms with Gasteiger partial charge in [0.15, 0.2) is 0 Å². The van der Waals surface area contributed by atoms with E-state index in [2.05, 4.69) is 0 Å². The lowest BCUT2D eigenvalue weighted by molar-refractivity contribution is 0.100. The largest absolute Gasteiger partial charge is 0.497 e. The molecule has 0 atom stereocenters. The van der Waals surface area contributed by atoms with E-state index in [1.807, 2.05) is 30.3 Å². The van der Waals surface area contributed by atoms with Crippen LogP contribution in [0, 0.1) is 0 Å². The number of hydrogen-bond donors (Lipinski definition) is 2. The summed E-state index contributed by atoms with van der Waals surface area (Å²) in [4.78, 5) is 13.0. The van der Waals surface area contributed by atoms with Crippen molar-refractivity contribution in [3.8, 4) is 5.75 Å². The second-order valence-corrected chi connectivity index (χ2v) is 4.97. The van der Waals surface area contributed by atoms with Crippen LogP contribution in [-0.2, 0) is 0 Å². The van der Waals surface area contributed by atoms with E-state index in [0.717, 1.165) is 15.5 Å². The molecule has 4 nitrogen and oxygen atoms in total. The van der Waals surface area contributed by atoms with Crippen molar-refractivity contribution in [1.82, 2.24) is 0 Å². The summed E-state index contributed by atoms with van der Waals surface area (Å²) >= 11 is 1.48. The average molecular weight is 274 g/mol. The molecule has 2 rings (SSSR count). The van der Waals surface area contributed by atoms with Crippen molar-refractivity contribution in [2.75, 3.05) is 12.8 Å². The quantitative estimate of drug-likeness (QED) is 0.840. The van der Waals surface area contributed by atoms with E-state index < -0.39 is 5.91 Å². The lowest BCUT2D eigenvalue weighted by Gasteiger charge is -2.08. The first-order chi connectivity index (χ1) is 9.11. The third kappa shape index (κ3) is 3.00. The highest BCUT2D eigenvalue weighted by atomic mass is 32.2. The molecule has 0 unspecified atom stereocenters. The van der Waals surface area contributed by atoms with E-state index in [4.69, 9.17) is 16.2 Å². The van der Waals surface area contributed by atoms with Crippen molar-refractivity contribution < 1.29 is 9.53 Å². The zero-order valence-corrected chi connectivity index (χ0v) is 11.2. The van der Waals surface area contributed by atoms with Gasteiger partial charge in [-0.3, -0.25) is 4.79 Å². The smallest absolute Gasteiger partial charge is 0.250 e. The number of methoxy groups -OCH3 is 1. The van der Waals surface area contributed by atoms with Gasteiger partial charge in [0.25, 0.3) is 5.91 Å². The summed E-state index contributed by atoms with van der Waals surface area (Å²) < 4.78 is 5.10. The fourth-order valence-electron chi connectivity index (χ4n) is 1.62. The Hall–Kier alpha value is -2.14. The van der Waals surface area contributed by atoms with Gasteiger partial charge < -0.3 is 16.2 Å². The number of nitrogens with two attached hydrogens (primary N) is 2. The maximum absolute atomic E-state index is 11.2. The number of ether oxygens (including phenoxy) is 1. The monoisotopic (exact) mass is 274 g/mol. The molecular weight excluding hydrogens is 260 g/mol. The summed E-state index contributed by atoms with van der Waals surface area (Å²) in [7, 11) is 1.62. The van der Waals surface area contributed by atoms with E-state index in [9.17, 15) is 4.79 Å². The number of nitrogen functional groups attached to an aromatic ring is 1. The Bertz CT molecular complexity index is 597. The SMILES string of the molecule is COc1ccc(Sc2cccc(C(N)=O)c2N)cc1. The predicted molar refractivity (Wildman–Crippen MR) is 76.5 cm³/mol. The zero-order chi connectivity index (χ0) is 13.8. The van der Waals surface area contributed by atoms with Crippen LogP contribution < -0.4 is 16.2 Å². The second-order valence-electron chi connectivity index (χ2n) is 3.86. The van der Waals surface area contributed by atoms with E-state index in [1.54, 1.807) is 19.2 Å². The van der Waals surface area contributed by atoms with Gasteiger partial charge >= 0.3 is 0 Å². The summed E-state index contributed by atoms with van der Waals surface area (Å²) in [5.41, 5.74) is 12.0. The summed E-state index contributed by atoms with van der Waals surface area (Å²) in [5.74, 6) is 0.276. The minimum absolute atomic E-state index is 0.346. The van der Waals surface area contributed by atoms with Crippen LogP contribution in [0.4, 0.5) is 5.69 Å².